The zero-order chi connectivity index (χ0) is 13.7. The molecule has 0 heterocycles. The van der Waals surface area contributed by atoms with Crippen molar-refractivity contribution < 1.29 is 9.59 Å². The van der Waals surface area contributed by atoms with Gasteiger partial charge in [0.1, 0.15) is 0 Å². The van der Waals surface area contributed by atoms with E-state index in [0.717, 1.165) is 0 Å². The van der Waals surface area contributed by atoms with Crippen LogP contribution in [0.4, 0.5) is 0 Å². The lowest BCUT2D eigenvalue weighted by molar-refractivity contribution is -0.128. The van der Waals surface area contributed by atoms with E-state index in [1.54, 1.807) is 0 Å². The molecule has 6 heteroatoms. The second-order valence-corrected chi connectivity index (χ2v) is 5.89. The van der Waals surface area contributed by atoms with E-state index in [1.807, 2.05) is 34.6 Å². The Kier molecular flexibility index (Phi) is 8.23. The van der Waals surface area contributed by atoms with Crippen LogP contribution in [0.15, 0.2) is 0 Å². The summed E-state index contributed by atoms with van der Waals surface area (Å²) in [6.07, 6.45) is 0.269. The lowest BCUT2D eigenvalue weighted by Crippen LogP contribution is -2.49. The highest BCUT2D eigenvalue weighted by atomic mass is 35.5. The maximum atomic E-state index is 11.5. The maximum absolute atomic E-state index is 11.5. The van der Waals surface area contributed by atoms with Gasteiger partial charge in [-0.2, -0.15) is 0 Å². The molecule has 18 heavy (non-hydrogen) atoms. The Balaban J connectivity index is 0. The van der Waals surface area contributed by atoms with E-state index in [2.05, 4.69) is 10.6 Å². The summed E-state index contributed by atoms with van der Waals surface area (Å²) in [5.74, 6) is -0.155. The summed E-state index contributed by atoms with van der Waals surface area (Å²) >= 11 is 0. The molecular weight excluding hydrogens is 254 g/mol. The van der Waals surface area contributed by atoms with Crippen molar-refractivity contribution in [2.75, 3.05) is 13.1 Å². The smallest absolute Gasteiger partial charge is 0.225 e. The predicted octanol–water partition coefficient (Wildman–Crippen LogP) is 0.814. The predicted molar refractivity (Wildman–Crippen MR) is 75.6 cm³/mol. The first kappa shape index (κ1) is 19.5. The number of halogens is 1. The molecular formula is C12H26ClN3O2. The number of rotatable bonds is 5. The van der Waals surface area contributed by atoms with Gasteiger partial charge in [-0.25, -0.2) is 0 Å². The Bertz CT molecular complexity index is 286. The van der Waals surface area contributed by atoms with E-state index in [4.69, 9.17) is 5.73 Å². The van der Waals surface area contributed by atoms with E-state index >= 15 is 0 Å². The van der Waals surface area contributed by atoms with Crippen molar-refractivity contribution in [2.24, 2.45) is 11.1 Å². The van der Waals surface area contributed by atoms with Crippen LogP contribution in [0, 0.1) is 5.41 Å². The standard InChI is InChI=1S/C12H25N3O2.ClH/c1-11(2,3)10(17)14-7-6-9(16)15-12(4,5)8-13;/h6-8,13H2,1-5H3,(H,14,17)(H,15,16);1H. The minimum Gasteiger partial charge on any atom is -0.355 e. The van der Waals surface area contributed by atoms with E-state index in [1.165, 1.54) is 0 Å². The SMILES string of the molecule is CC(C)(CN)NC(=O)CCNC(=O)C(C)(C)C.Cl. The van der Waals surface area contributed by atoms with Gasteiger partial charge in [-0.05, 0) is 13.8 Å². The Morgan fingerprint density at radius 2 is 1.61 bits per heavy atom. The van der Waals surface area contributed by atoms with Crippen molar-refractivity contribution in [1.29, 1.82) is 0 Å². The number of carbonyl (C=O) groups is 2. The molecule has 0 aliphatic heterocycles. The Labute approximate surface area is 116 Å². The highest BCUT2D eigenvalue weighted by Crippen LogP contribution is 2.12. The fraction of sp³-hybridized carbons (Fsp3) is 0.833. The molecule has 0 fully saturated rings. The van der Waals surface area contributed by atoms with Crippen molar-refractivity contribution >= 4 is 24.2 Å². The Morgan fingerprint density at radius 3 is 2.00 bits per heavy atom. The summed E-state index contributed by atoms with van der Waals surface area (Å²) in [5.41, 5.74) is 4.68. The molecule has 0 spiro atoms. The average molecular weight is 280 g/mol. The van der Waals surface area contributed by atoms with Gasteiger partial charge in [-0.3, -0.25) is 9.59 Å². The highest BCUT2D eigenvalue weighted by molar-refractivity contribution is 5.85. The van der Waals surface area contributed by atoms with Gasteiger partial charge < -0.3 is 16.4 Å². The van der Waals surface area contributed by atoms with Gasteiger partial charge in [-0.15, -0.1) is 12.4 Å². The molecule has 0 rings (SSSR count). The molecule has 4 N–H and O–H groups in total. The molecule has 0 bridgehead atoms. The van der Waals surface area contributed by atoms with Crippen molar-refractivity contribution in [3.8, 4) is 0 Å². The van der Waals surface area contributed by atoms with E-state index in [-0.39, 0.29) is 30.6 Å². The zero-order valence-corrected chi connectivity index (χ0v) is 12.7. The number of hydrogen-bond acceptors (Lipinski definition) is 3. The molecule has 0 aromatic carbocycles. The summed E-state index contributed by atoms with van der Waals surface area (Å²) in [5, 5.41) is 5.53. The number of carbonyl (C=O) groups excluding carboxylic acids is 2. The summed E-state index contributed by atoms with van der Waals surface area (Å²) < 4.78 is 0. The Hall–Kier alpha value is -0.810. The number of nitrogens with two attached hydrogens (primary N) is 1. The summed E-state index contributed by atoms with van der Waals surface area (Å²) in [4.78, 5) is 23.1. The van der Waals surface area contributed by atoms with Gasteiger partial charge >= 0.3 is 0 Å². The van der Waals surface area contributed by atoms with Gasteiger partial charge in [0, 0.05) is 30.5 Å². The molecule has 0 saturated heterocycles. The second-order valence-electron chi connectivity index (χ2n) is 5.89. The molecule has 108 valence electrons. The zero-order valence-electron chi connectivity index (χ0n) is 11.9. The van der Waals surface area contributed by atoms with E-state index < -0.39 is 11.0 Å². The largest absolute Gasteiger partial charge is 0.355 e. The van der Waals surface area contributed by atoms with Gasteiger partial charge in [0.05, 0.1) is 0 Å². The minimum absolute atomic E-state index is 0. The third-order valence-corrected chi connectivity index (χ3v) is 2.31. The fourth-order valence-corrected chi connectivity index (χ4v) is 1.05. The normalized spacial score (nSPS) is 11.4. The van der Waals surface area contributed by atoms with Crippen LogP contribution in [0.3, 0.4) is 0 Å². The van der Waals surface area contributed by atoms with Gasteiger partial charge in [-0.1, -0.05) is 20.8 Å². The monoisotopic (exact) mass is 279 g/mol. The maximum Gasteiger partial charge on any atom is 0.225 e. The quantitative estimate of drug-likeness (QED) is 0.696. The molecule has 0 radical (unpaired) electrons. The Morgan fingerprint density at radius 1 is 1.11 bits per heavy atom. The summed E-state index contributed by atoms with van der Waals surface area (Å²) in [6, 6.07) is 0. The number of nitrogens with one attached hydrogen (secondary N) is 2. The molecule has 0 aromatic heterocycles. The summed E-state index contributed by atoms with van der Waals surface area (Å²) in [6.45, 7) is 9.95. The molecule has 2 amide bonds. The average Bonchev–Trinajstić information content (AvgIpc) is 2.15. The number of hydrogen-bond donors (Lipinski definition) is 3. The van der Waals surface area contributed by atoms with Gasteiger partial charge in [0.2, 0.25) is 11.8 Å². The lowest BCUT2D eigenvalue weighted by Gasteiger charge is -2.24. The van der Waals surface area contributed by atoms with E-state index in [0.29, 0.717) is 13.1 Å². The third-order valence-electron chi connectivity index (χ3n) is 2.31. The van der Waals surface area contributed by atoms with Crippen LogP contribution in [-0.4, -0.2) is 30.4 Å². The van der Waals surface area contributed by atoms with Crippen molar-refractivity contribution in [1.82, 2.24) is 10.6 Å². The first-order valence-corrected chi connectivity index (χ1v) is 5.88. The van der Waals surface area contributed by atoms with Crippen molar-refractivity contribution in [3.05, 3.63) is 0 Å². The molecule has 5 nitrogen and oxygen atoms in total. The highest BCUT2D eigenvalue weighted by Gasteiger charge is 2.21. The van der Waals surface area contributed by atoms with Crippen LogP contribution < -0.4 is 16.4 Å². The molecule has 0 saturated carbocycles. The van der Waals surface area contributed by atoms with Crippen LogP contribution in [0.5, 0.6) is 0 Å². The van der Waals surface area contributed by atoms with Crippen LogP contribution in [-0.2, 0) is 9.59 Å². The van der Waals surface area contributed by atoms with Crippen LogP contribution in [0.25, 0.3) is 0 Å². The first-order valence-electron chi connectivity index (χ1n) is 5.88. The van der Waals surface area contributed by atoms with Crippen molar-refractivity contribution in [2.45, 2.75) is 46.6 Å². The van der Waals surface area contributed by atoms with Crippen LogP contribution in [0.2, 0.25) is 0 Å². The molecule has 0 atom stereocenters. The van der Waals surface area contributed by atoms with Crippen LogP contribution >= 0.6 is 12.4 Å². The van der Waals surface area contributed by atoms with Crippen molar-refractivity contribution in [3.63, 3.8) is 0 Å². The fourth-order valence-electron chi connectivity index (χ4n) is 1.05. The summed E-state index contributed by atoms with van der Waals surface area (Å²) in [7, 11) is 0. The van der Waals surface area contributed by atoms with Gasteiger partial charge in [0.25, 0.3) is 0 Å². The second kappa shape index (κ2) is 7.59. The van der Waals surface area contributed by atoms with Gasteiger partial charge in [0.15, 0.2) is 0 Å². The molecule has 0 aliphatic rings. The molecule has 0 unspecified atom stereocenters. The lowest BCUT2D eigenvalue weighted by atomic mass is 9.96. The third kappa shape index (κ3) is 8.31. The minimum atomic E-state index is -0.424. The van der Waals surface area contributed by atoms with Crippen LogP contribution in [0.1, 0.15) is 41.0 Å². The molecule has 0 aromatic rings. The first-order chi connectivity index (χ1) is 7.58. The van der Waals surface area contributed by atoms with E-state index in [9.17, 15) is 9.59 Å². The topological polar surface area (TPSA) is 84.2 Å². The number of amides is 2. The molecule has 0 aliphatic carbocycles.